The van der Waals surface area contributed by atoms with Gasteiger partial charge in [0.15, 0.2) is 0 Å². The zero-order chi connectivity index (χ0) is 25.4. The van der Waals surface area contributed by atoms with E-state index in [1.807, 2.05) is 0 Å². The molecule has 0 radical (unpaired) electrons. The van der Waals surface area contributed by atoms with Crippen LogP contribution < -0.4 is 4.90 Å². The van der Waals surface area contributed by atoms with Crippen molar-refractivity contribution in [3.63, 3.8) is 0 Å². The van der Waals surface area contributed by atoms with Crippen molar-refractivity contribution in [3.05, 3.63) is 23.5 Å². The second-order valence-electron chi connectivity index (χ2n) is 11.0. The van der Waals surface area contributed by atoms with Crippen molar-refractivity contribution in [1.29, 1.82) is 0 Å². The Labute approximate surface area is 213 Å². The van der Waals surface area contributed by atoms with E-state index in [4.69, 9.17) is 14.5 Å². The minimum absolute atomic E-state index is 0.0752. The molecule has 1 N–H and O–H groups in total. The van der Waals surface area contributed by atoms with Crippen LogP contribution in [0.5, 0.6) is 0 Å². The van der Waals surface area contributed by atoms with Crippen LogP contribution in [-0.2, 0) is 27.1 Å². The zero-order valence-electron chi connectivity index (χ0n) is 21.7. The van der Waals surface area contributed by atoms with Crippen molar-refractivity contribution in [2.75, 3.05) is 19.1 Å². The Hall–Kier alpha value is -2.61. The normalized spacial score (nSPS) is 28.6. The lowest BCUT2D eigenvalue weighted by atomic mass is 9.84. The summed E-state index contributed by atoms with van der Waals surface area (Å²) in [5, 5.41) is 9.51. The molecule has 1 atom stereocenters. The van der Waals surface area contributed by atoms with E-state index in [1.165, 1.54) is 7.11 Å². The molecule has 1 aromatic carbocycles. The van der Waals surface area contributed by atoms with Crippen LogP contribution in [0.4, 0.5) is 10.5 Å². The average molecular weight is 498 g/mol. The van der Waals surface area contributed by atoms with Crippen molar-refractivity contribution >= 4 is 28.8 Å². The molecule has 0 unspecified atom stereocenters. The van der Waals surface area contributed by atoms with Crippen LogP contribution in [0.3, 0.4) is 0 Å². The Kier molecular flexibility index (Phi) is 7.24. The molecule has 196 valence electrons. The third-order valence-corrected chi connectivity index (χ3v) is 8.91. The predicted octanol–water partition coefficient (Wildman–Crippen LogP) is 5.51. The quantitative estimate of drug-likeness (QED) is 0.586. The van der Waals surface area contributed by atoms with Crippen molar-refractivity contribution in [1.82, 2.24) is 9.55 Å². The van der Waals surface area contributed by atoms with E-state index in [1.54, 1.807) is 12.0 Å². The smallest absolute Gasteiger partial charge is 0.414 e. The topological polar surface area (TPSA) is 93.9 Å². The highest BCUT2D eigenvalue weighted by molar-refractivity contribution is 5.95. The maximum atomic E-state index is 12.6. The van der Waals surface area contributed by atoms with Crippen LogP contribution in [-0.4, -0.2) is 53.1 Å². The molecule has 5 rings (SSSR count). The Morgan fingerprint density at radius 3 is 2.39 bits per heavy atom. The first kappa shape index (κ1) is 25.1. The number of carbonyl (C=O) groups excluding carboxylic acids is 1. The lowest BCUT2D eigenvalue weighted by Gasteiger charge is -2.34. The Morgan fingerprint density at radius 1 is 1.03 bits per heavy atom. The Bertz CT molecular complexity index is 1110. The molecule has 2 fully saturated rings. The number of ether oxygens (including phenoxy) is 2. The summed E-state index contributed by atoms with van der Waals surface area (Å²) in [6, 6.07) is 4.50. The molecule has 8 nitrogen and oxygen atoms in total. The van der Waals surface area contributed by atoms with Crippen LogP contribution in [0.1, 0.15) is 82.1 Å². The summed E-state index contributed by atoms with van der Waals surface area (Å²) in [4.78, 5) is 31.2. The zero-order valence-corrected chi connectivity index (χ0v) is 21.7. The van der Waals surface area contributed by atoms with Gasteiger partial charge in [0.05, 0.1) is 35.9 Å². The van der Waals surface area contributed by atoms with Gasteiger partial charge < -0.3 is 19.1 Å². The third-order valence-electron chi connectivity index (χ3n) is 8.91. The molecular weight excluding hydrogens is 458 g/mol. The first-order valence-corrected chi connectivity index (χ1v) is 13.6. The molecule has 2 aliphatic carbocycles. The monoisotopic (exact) mass is 497 g/mol. The largest absolute Gasteiger partial charge is 0.481 e. The summed E-state index contributed by atoms with van der Waals surface area (Å²) in [7, 11) is 3.24. The lowest BCUT2D eigenvalue weighted by Crippen LogP contribution is -2.42. The van der Waals surface area contributed by atoms with Crippen molar-refractivity contribution in [2.45, 2.75) is 95.7 Å². The molecule has 2 saturated carbocycles. The number of nitrogens with zero attached hydrogens (tertiary/aromatic N) is 3. The van der Waals surface area contributed by atoms with Crippen LogP contribution in [0.2, 0.25) is 0 Å². The van der Waals surface area contributed by atoms with Gasteiger partial charge in [-0.3, -0.25) is 9.69 Å². The maximum absolute atomic E-state index is 12.6. The molecular formula is C28H39N3O5. The number of imidazole rings is 1. The fourth-order valence-corrected chi connectivity index (χ4v) is 6.79. The molecule has 0 spiro atoms. The number of fused-ring (bicyclic) bond motifs is 3. The minimum Gasteiger partial charge on any atom is -0.481 e. The fourth-order valence-electron chi connectivity index (χ4n) is 6.79. The van der Waals surface area contributed by atoms with Gasteiger partial charge in [0.1, 0.15) is 5.82 Å². The van der Waals surface area contributed by atoms with Gasteiger partial charge in [-0.1, -0.05) is 0 Å². The first-order valence-electron chi connectivity index (χ1n) is 13.6. The number of aryl methyl sites for hydroxylation is 1. The molecule has 3 aliphatic rings. The Balaban J connectivity index is 1.53. The molecule has 36 heavy (non-hydrogen) atoms. The number of carboxylic acid groups (broad SMARTS) is 1. The number of anilines is 1. The molecule has 1 amide bonds. The summed E-state index contributed by atoms with van der Waals surface area (Å²) in [6.07, 6.45) is 10.3. The molecule has 1 aromatic heterocycles. The molecule has 0 saturated heterocycles. The number of carbonyl (C=O) groups is 2. The van der Waals surface area contributed by atoms with Gasteiger partial charge in [-0.15, -0.1) is 0 Å². The standard InChI is InChI=1S/C28H39N3O5/c1-17-4-13-22-23(30(17)28(34)36-3)14-15-24-26(22)29-25(16-18-5-11-21(35-2)12-6-18)31(24)20-9-7-19(8-10-20)27(32)33/h14-15,17-21H,4-13,16H2,1-3H3,(H,32,33)/t17-,18?,19?,20?,21?/m0/s1. The average Bonchev–Trinajstić information content (AvgIpc) is 3.26. The van der Waals surface area contributed by atoms with E-state index in [2.05, 4.69) is 23.6 Å². The van der Waals surface area contributed by atoms with Gasteiger partial charge in [0, 0.05) is 31.2 Å². The van der Waals surface area contributed by atoms with Crippen LogP contribution in [0, 0.1) is 11.8 Å². The lowest BCUT2D eigenvalue weighted by molar-refractivity contribution is -0.143. The third kappa shape index (κ3) is 4.60. The van der Waals surface area contributed by atoms with Crippen molar-refractivity contribution in [2.24, 2.45) is 11.8 Å². The van der Waals surface area contributed by atoms with Crippen LogP contribution >= 0.6 is 0 Å². The number of hydrogen-bond donors (Lipinski definition) is 1. The number of carboxylic acids is 1. The molecule has 2 aromatic rings. The molecule has 2 heterocycles. The van der Waals surface area contributed by atoms with Gasteiger partial charge in [-0.2, -0.15) is 0 Å². The second kappa shape index (κ2) is 10.4. The molecule has 0 bridgehead atoms. The number of rotatable bonds is 5. The maximum Gasteiger partial charge on any atom is 0.414 e. The van der Waals surface area contributed by atoms with E-state index in [-0.39, 0.29) is 24.1 Å². The predicted molar refractivity (Wildman–Crippen MR) is 137 cm³/mol. The van der Waals surface area contributed by atoms with E-state index in [0.29, 0.717) is 24.9 Å². The van der Waals surface area contributed by atoms with Crippen molar-refractivity contribution < 1.29 is 24.2 Å². The second-order valence-corrected chi connectivity index (χ2v) is 11.0. The van der Waals surface area contributed by atoms with Gasteiger partial charge in [0.25, 0.3) is 0 Å². The van der Waals surface area contributed by atoms with Crippen LogP contribution in [0.15, 0.2) is 12.1 Å². The van der Waals surface area contributed by atoms with Gasteiger partial charge in [-0.05, 0) is 89.2 Å². The van der Waals surface area contributed by atoms with Gasteiger partial charge in [0.2, 0.25) is 0 Å². The number of benzene rings is 1. The summed E-state index contributed by atoms with van der Waals surface area (Å²) < 4.78 is 13.1. The van der Waals surface area contributed by atoms with E-state index in [0.717, 1.165) is 85.9 Å². The highest BCUT2D eigenvalue weighted by atomic mass is 16.5. The van der Waals surface area contributed by atoms with E-state index in [9.17, 15) is 14.7 Å². The Morgan fingerprint density at radius 2 is 1.75 bits per heavy atom. The molecule has 1 aliphatic heterocycles. The van der Waals surface area contributed by atoms with Crippen molar-refractivity contribution in [3.8, 4) is 0 Å². The van der Waals surface area contributed by atoms with Gasteiger partial charge in [-0.25, -0.2) is 9.78 Å². The SMILES string of the molecule is COC(=O)N1c2ccc3c(nc(CC4CCC(OC)CC4)n3C3CCC(C(=O)O)CC3)c2CC[C@@H]1C. The number of methoxy groups -OCH3 is 2. The minimum atomic E-state index is -0.676. The fraction of sp³-hybridized carbons (Fsp3) is 0.679. The van der Waals surface area contributed by atoms with E-state index < -0.39 is 5.97 Å². The highest BCUT2D eigenvalue weighted by Crippen LogP contribution is 2.41. The number of aliphatic carboxylic acids is 1. The summed E-state index contributed by atoms with van der Waals surface area (Å²) >= 11 is 0. The number of hydrogen-bond acceptors (Lipinski definition) is 5. The molecule has 8 heteroatoms. The summed E-state index contributed by atoms with van der Waals surface area (Å²) in [6.45, 7) is 2.06. The van der Waals surface area contributed by atoms with E-state index >= 15 is 0 Å². The van der Waals surface area contributed by atoms with Gasteiger partial charge >= 0.3 is 12.1 Å². The summed E-state index contributed by atoms with van der Waals surface area (Å²) in [5.41, 5.74) is 4.14. The number of aromatic nitrogens is 2. The first-order chi connectivity index (χ1) is 17.4. The highest BCUT2D eigenvalue weighted by Gasteiger charge is 2.34. The summed E-state index contributed by atoms with van der Waals surface area (Å²) in [5.74, 6) is 0.767. The number of amides is 1. The van der Waals surface area contributed by atoms with Crippen LogP contribution in [0.25, 0.3) is 11.0 Å².